The molecular formula is C25H42O2. The Hall–Kier alpha value is -1.31. The van der Waals surface area contributed by atoms with Gasteiger partial charge >= 0.3 is 5.97 Å². The standard InChI is InChI=1S/C25H42O2/c1-5-6-7-8-9-10-11-12-13-14-15-16-24(26)27-21-22-17-19-23(20-18-22)25(2,3)4/h17-20H,5-16,21H2,1-4H3. The van der Waals surface area contributed by atoms with Gasteiger partial charge in [-0.3, -0.25) is 4.79 Å². The third-order valence-electron chi connectivity index (χ3n) is 5.20. The van der Waals surface area contributed by atoms with Crippen molar-refractivity contribution in [2.45, 2.75) is 117 Å². The molecular weight excluding hydrogens is 332 g/mol. The van der Waals surface area contributed by atoms with Crippen molar-refractivity contribution in [1.82, 2.24) is 0 Å². The molecule has 1 aromatic carbocycles. The minimum absolute atomic E-state index is 0.0641. The summed E-state index contributed by atoms with van der Waals surface area (Å²) < 4.78 is 5.41. The number of rotatable bonds is 14. The topological polar surface area (TPSA) is 26.3 Å². The van der Waals surface area contributed by atoms with Gasteiger partial charge in [0.25, 0.3) is 0 Å². The van der Waals surface area contributed by atoms with Crippen LogP contribution in [0.5, 0.6) is 0 Å². The maximum Gasteiger partial charge on any atom is 0.306 e. The minimum Gasteiger partial charge on any atom is -0.461 e. The third kappa shape index (κ3) is 11.9. The largest absolute Gasteiger partial charge is 0.461 e. The van der Waals surface area contributed by atoms with Crippen molar-refractivity contribution in [3.63, 3.8) is 0 Å². The van der Waals surface area contributed by atoms with Crippen molar-refractivity contribution in [2.75, 3.05) is 0 Å². The van der Waals surface area contributed by atoms with Gasteiger partial charge < -0.3 is 4.74 Å². The van der Waals surface area contributed by atoms with Crippen LogP contribution < -0.4 is 0 Å². The minimum atomic E-state index is -0.0641. The normalized spacial score (nSPS) is 11.6. The maximum atomic E-state index is 11.9. The van der Waals surface area contributed by atoms with E-state index in [9.17, 15) is 4.79 Å². The second kappa shape index (κ2) is 13.8. The van der Waals surface area contributed by atoms with E-state index in [4.69, 9.17) is 4.74 Å². The highest BCUT2D eigenvalue weighted by atomic mass is 16.5. The monoisotopic (exact) mass is 374 g/mol. The molecule has 0 saturated carbocycles. The summed E-state index contributed by atoms with van der Waals surface area (Å²) in [5.74, 6) is -0.0641. The van der Waals surface area contributed by atoms with Gasteiger partial charge in [-0.2, -0.15) is 0 Å². The molecule has 27 heavy (non-hydrogen) atoms. The third-order valence-corrected chi connectivity index (χ3v) is 5.20. The maximum absolute atomic E-state index is 11.9. The molecule has 0 unspecified atom stereocenters. The predicted octanol–water partition coefficient (Wildman–Crippen LogP) is 7.73. The molecule has 0 aromatic heterocycles. The summed E-state index contributed by atoms with van der Waals surface area (Å²) in [6.07, 6.45) is 14.8. The second-order valence-electron chi connectivity index (χ2n) is 8.89. The summed E-state index contributed by atoms with van der Waals surface area (Å²) in [6.45, 7) is 9.27. The lowest BCUT2D eigenvalue weighted by atomic mass is 9.87. The lowest BCUT2D eigenvalue weighted by molar-refractivity contribution is -0.145. The molecule has 1 aromatic rings. The zero-order valence-electron chi connectivity index (χ0n) is 18.3. The number of carbonyl (C=O) groups excluding carboxylic acids is 1. The van der Waals surface area contributed by atoms with Gasteiger partial charge in [0.05, 0.1) is 0 Å². The highest BCUT2D eigenvalue weighted by molar-refractivity contribution is 5.69. The van der Waals surface area contributed by atoms with Crippen molar-refractivity contribution in [3.8, 4) is 0 Å². The quantitative estimate of drug-likeness (QED) is 0.246. The fourth-order valence-corrected chi connectivity index (χ4v) is 3.27. The van der Waals surface area contributed by atoms with Gasteiger partial charge in [-0.15, -0.1) is 0 Å². The van der Waals surface area contributed by atoms with E-state index in [0.29, 0.717) is 13.0 Å². The lowest BCUT2D eigenvalue weighted by Gasteiger charge is -2.19. The molecule has 0 N–H and O–H groups in total. The molecule has 0 radical (unpaired) electrons. The van der Waals surface area contributed by atoms with Crippen molar-refractivity contribution in [1.29, 1.82) is 0 Å². The van der Waals surface area contributed by atoms with Gasteiger partial charge in [-0.1, -0.05) is 116 Å². The number of benzene rings is 1. The Labute approximate surface area is 168 Å². The lowest BCUT2D eigenvalue weighted by Crippen LogP contribution is -2.11. The Morgan fingerprint density at radius 1 is 0.778 bits per heavy atom. The molecule has 2 nitrogen and oxygen atoms in total. The molecule has 154 valence electrons. The van der Waals surface area contributed by atoms with E-state index in [1.165, 1.54) is 63.4 Å². The summed E-state index contributed by atoms with van der Waals surface area (Å²) in [7, 11) is 0. The van der Waals surface area contributed by atoms with Crippen molar-refractivity contribution in [2.24, 2.45) is 0 Å². The molecule has 0 aliphatic carbocycles. The van der Waals surface area contributed by atoms with E-state index >= 15 is 0 Å². The molecule has 0 atom stereocenters. The van der Waals surface area contributed by atoms with Crippen LogP contribution in [0.15, 0.2) is 24.3 Å². The SMILES string of the molecule is CCCCCCCCCCCCCC(=O)OCc1ccc(C(C)(C)C)cc1. The van der Waals surface area contributed by atoms with Crippen LogP contribution >= 0.6 is 0 Å². The van der Waals surface area contributed by atoms with Crippen LogP contribution in [0.4, 0.5) is 0 Å². The predicted molar refractivity (Wildman–Crippen MR) is 116 cm³/mol. The first-order chi connectivity index (χ1) is 12.9. The summed E-state index contributed by atoms with van der Waals surface area (Å²) in [4.78, 5) is 11.9. The zero-order chi connectivity index (χ0) is 20.0. The van der Waals surface area contributed by atoms with Gasteiger partial charge in [-0.05, 0) is 23.0 Å². The molecule has 0 bridgehead atoms. The smallest absolute Gasteiger partial charge is 0.306 e. The van der Waals surface area contributed by atoms with Gasteiger partial charge in [0.1, 0.15) is 6.61 Å². The fourth-order valence-electron chi connectivity index (χ4n) is 3.27. The van der Waals surface area contributed by atoms with Crippen molar-refractivity contribution >= 4 is 5.97 Å². The van der Waals surface area contributed by atoms with E-state index in [-0.39, 0.29) is 11.4 Å². The number of hydrogen-bond donors (Lipinski definition) is 0. The number of carbonyl (C=O) groups is 1. The van der Waals surface area contributed by atoms with Crippen LogP contribution in [0.2, 0.25) is 0 Å². The first-order valence-corrected chi connectivity index (χ1v) is 11.2. The summed E-state index contributed by atoms with van der Waals surface area (Å²) in [5.41, 5.74) is 2.53. The summed E-state index contributed by atoms with van der Waals surface area (Å²) in [5, 5.41) is 0. The molecule has 0 spiro atoms. The molecule has 0 aliphatic rings. The fraction of sp³-hybridized carbons (Fsp3) is 0.720. The second-order valence-corrected chi connectivity index (χ2v) is 8.89. The molecule has 2 heteroatoms. The van der Waals surface area contributed by atoms with E-state index < -0.39 is 0 Å². The Kier molecular flexibility index (Phi) is 12.1. The van der Waals surface area contributed by atoms with Crippen LogP contribution in [0.1, 0.15) is 116 Å². The van der Waals surface area contributed by atoms with Crippen LogP contribution in [-0.2, 0) is 21.6 Å². The highest BCUT2D eigenvalue weighted by Crippen LogP contribution is 2.22. The molecule has 1 rings (SSSR count). The van der Waals surface area contributed by atoms with E-state index in [1.807, 2.05) is 0 Å². The van der Waals surface area contributed by atoms with E-state index in [2.05, 4.69) is 52.0 Å². The van der Waals surface area contributed by atoms with Gasteiger partial charge in [0, 0.05) is 6.42 Å². The van der Waals surface area contributed by atoms with Gasteiger partial charge in [0.2, 0.25) is 0 Å². The number of unbranched alkanes of at least 4 members (excludes halogenated alkanes) is 10. The molecule has 0 fully saturated rings. The Balaban J connectivity index is 2.00. The van der Waals surface area contributed by atoms with Gasteiger partial charge in [-0.25, -0.2) is 0 Å². The first kappa shape index (κ1) is 23.7. The van der Waals surface area contributed by atoms with Crippen LogP contribution in [0, 0.1) is 0 Å². The van der Waals surface area contributed by atoms with E-state index in [1.54, 1.807) is 0 Å². The average molecular weight is 375 g/mol. The molecule has 0 aliphatic heterocycles. The average Bonchev–Trinajstić information content (AvgIpc) is 2.64. The number of hydrogen-bond acceptors (Lipinski definition) is 2. The molecule has 0 heterocycles. The number of ether oxygens (including phenoxy) is 1. The Morgan fingerprint density at radius 2 is 1.26 bits per heavy atom. The Bertz CT molecular complexity index is 496. The first-order valence-electron chi connectivity index (χ1n) is 11.2. The zero-order valence-corrected chi connectivity index (χ0v) is 18.3. The molecule has 0 amide bonds. The molecule has 0 saturated heterocycles. The van der Waals surface area contributed by atoms with Crippen LogP contribution in [0.25, 0.3) is 0 Å². The van der Waals surface area contributed by atoms with E-state index in [0.717, 1.165) is 18.4 Å². The highest BCUT2D eigenvalue weighted by Gasteiger charge is 2.13. The van der Waals surface area contributed by atoms with Crippen molar-refractivity contribution < 1.29 is 9.53 Å². The van der Waals surface area contributed by atoms with Crippen LogP contribution in [-0.4, -0.2) is 5.97 Å². The Morgan fingerprint density at radius 3 is 1.74 bits per heavy atom. The van der Waals surface area contributed by atoms with Crippen LogP contribution in [0.3, 0.4) is 0 Å². The summed E-state index contributed by atoms with van der Waals surface area (Å²) >= 11 is 0. The van der Waals surface area contributed by atoms with Crippen molar-refractivity contribution in [3.05, 3.63) is 35.4 Å². The summed E-state index contributed by atoms with van der Waals surface area (Å²) in [6, 6.07) is 8.40. The van der Waals surface area contributed by atoms with Gasteiger partial charge in [0.15, 0.2) is 0 Å². The number of esters is 1.